The first-order valence-corrected chi connectivity index (χ1v) is 6.39. The topological polar surface area (TPSA) is 52.6 Å². The molecule has 1 atom stereocenters. The van der Waals surface area contributed by atoms with Gasteiger partial charge in [0.25, 0.3) is 0 Å². The first-order valence-electron chi connectivity index (χ1n) is 6.39. The van der Waals surface area contributed by atoms with Gasteiger partial charge in [-0.25, -0.2) is 0 Å². The van der Waals surface area contributed by atoms with E-state index in [9.17, 15) is 23.1 Å². The summed E-state index contributed by atoms with van der Waals surface area (Å²) < 4.78 is 36.9. The Morgan fingerprint density at radius 1 is 1.33 bits per heavy atom. The summed E-state index contributed by atoms with van der Waals surface area (Å²) in [5.74, 6) is -0.401. The third-order valence-electron chi connectivity index (χ3n) is 3.23. The predicted molar refractivity (Wildman–Crippen MR) is 74.4 cm³/mol. The molecule has 1 amide bonds. The first kappa shape index (κ1) is 17.3. The number of benzene rings is 1. The zero-order valence-electron chi connectivity index (χ0n) is 12.4. The van der Waals surface area contributed by atoms with Crippen molar-refractivity contribution >= 4 is 11.6 Å². The Hall–Kier alpha value is -1.76. The van der Waals surface area contributed by atoms with Gasteiger partial charge in [0.05, 0.1) is 12.6 Å². The number of nitrogens with zero attached hydrogens (tertiary/aromatic N) is 1. The number of rotatable bonds is 4. The quantitative estimate of drug-likeness (QED) is 0.841. The summed E-state index contributed by atoms with van der Waals surface area (Å²) in [6.07, 6.45) is -4.35. The number of halogens is 3. The zero-order chi connectivity index (χ0) is 16.4. The van der Waals surface area contributed by atoms with Crippen LogP contribution in [0.4, 0.5) is 18.9 Å². The lowest BCUT2D eigenvalue weighted by Crippen LogP contribution is -2.44. The number of aromatic hydroxyl groups is 1. The van der Waals surface area contributed by atoms with Gasteiger partial charge in [-0.1, -0.05) is 0 Å². The molecule has 0 fully saturated rings. The van der Waals surface area contributed by atoms with Crippen LogP contribution >= 0.6 is 0 Å². The van der Waals surface area contributed by atoms with Gasteiger partial charge >= 0.3 is 6.18 Å². The van der Waals surface area contributed by atoms with E-state index in [2.05, 4.69) is 5.32 Å². The third-order valence-corrected chi connectivity index (χ3v) is 3.23. The van der Waals surface area contributed by atoms with Crippen molar-refractivity contribution in [2.24, 2.45) is 0 Å². The highest BCUT2D eigenvalue weighted by Gasteiger charge is 2.32. The number of anilines is 1. The Morgan fingerprint density at radius 3 is 2.24 bits per heavy atom. The van der Waals surface area contributed by atoms with Crippen molar-refractivity contribution in [3.05, 3.63) is 23.3 Å². The number of hydrogen-bond donors (Lipinski definition) is 2. The summed E-state index contributed by atoms with van der Waals surface area (Å²) in [5.41, 5.74) is 1.61. The minimum atomic E-state index is -4.35. The number of phenols is 1. The largest absolute Gasteiger partial charge is 0.507 e. The minimum Gasteiger partial charge on any atom is -0.507 e. The van der Waals surface area contributed by atoms with Crippen LogP contribution in [0.3, 0.4) is 0 Å². The van der Waals surface area contributed by atoms with Crippen LogP contribution in [0.15, 0.2) is 12.1 Å². The number of phenolic OH excluding ortho intramolecular Hbond substituents is 1. The fraction of sp³-hybridized carbons (Fsp3) is 0.500. The molecule has 0 aliphatic rings. The van der Waals surface area contributed by atoms with Crippen molar-refractivity contribution in [2.45, 2.75) is 33.0 Å². The highest BCUT2D eigenvalue weighted by atomic mass is 19.4. The van der Waals surface area contributed by atoms with Gasteiger partial charge in [-0.2, -0.15) is 13.2 Å². The van der Waals surface area contributed by atoms with Crippen LogP contribution in [0.25, 0.3) is 0 Å². The Labute approximate surface area is 121 Å². The Morgan fingerprint density at radius 2 is 1.81 bits per heavy atom. The Bertz CT molecular complexity index is 506. The van der Waals surface area contributed by atoms with Crippen molar-refractivity contribution in [1.82, 2.24) is 4.90 Å². The maximum Gasteiger partial charge on any atom is 0.401 e. The van der Waals surface area contributed by atoms with Crippen LogP contribution in [0.5, 0.6) is 5.75 Å². The molecule has 0 saturated carbocycles. The van der Waals surface area contributed by atoms with E-state index >= 15 is 0 Å². The fourth-order valence-electron chi connectivity index (χ4n) is 1.89. The normalized spacial score (nSPS) is 13.3. The fourth-order valence-corrected chi connectivity index (χ4v) is 1.89. The molecule has 0 saturated heterocycles. The van der Waals surface area contributed by atoms with Gasteiger partial charge in [0.2, 0.25) is 5.91 Å². The number of aryl methyl sites for hydroxylation is 2. The van der Waals surface area contributed by atoms with E-state index in [1.54, 1.807) is 26.0 Å². The molecule has 7 heteroatoms. The van der Waals surface area contributed by atoms with Gasteiger partial charge in [0.15, 0.2) is 0 Å². The van der Waals surface area contributed by atoms with Crippen LogP contribution in [-0.2, 0) is 4.79 Å². The Balaban J connectivity index is 2.77. The summed E-state index contributed by atoms with van der Waals surface area (Å²) in [4.78, 5) is 12.9. The number of alkyl halides is 3. The summed E-state index contributed by atoms with van der Waals surface area (Å²) >= 11 is 0. The molecule has 0 spiro atoms. The second-order valence-electron chi connectivity index (χ2n) is 5.15. The van der Waals surface area contributed by atoms with E-state index < -0.39 is 24.7 Å². The van der Waals surface area contributed by atoms with Crippen molar-refractivity contribution < 1.29 is 23.1 Å². The molecule has 4 nitrogen and oxygen atoms in total. The van der Waals surface area contributed by atoms with Crippen LogP contribution in [0, 0.1) is 13.8 Å². The molecular formula is C14H19F3N2O2. The average molecular weight is 304 g/mol. The molecule has 0 heterocycles. The summed E-state index contributed by atoms with van der Waals surface area (Å²) in [6.45, 7) is 3.60. The van der Waals surface area contributed by atoms with Gasteiger partial charge < -0.3 is 10.4 Å². The maximum atomic E-state index is 12.3. The number of amides is 1. The lowest BCUT2D eigenvalue weighted by Gasteiger charge is -2.25. The highest BCUT2D eigenvalue weighted by molar-refractivity contribution is 5.94. The summed E-state index contributed by atoms with van der Waals surface area (Å²) in [6, 6.07) is 2.20. The molecule has 0 aliphatic heterocycles. The van der Waals surface area contributed by atoms with Gasteiger partial charge in [-0.15, -0.1) is 0 Å². The van der Waals surface area contributed by atoms with Crippen molar-refractivity contribution in [3.63, 3.8) is 0 Å². The number of carbonyl (C=O) groups is 1. The predicted octanol–water partition coefficient (Wildman–Crippen LogP) is 2.83. The van der Waals surface area contributed by atoms with Crippen LogP contribution in [0.1, 0.15) is 18.1 Å². The van der Waals surface area contributed by atoms with E-state index in [1.165, 1.54) is 14.0 Å². The first-order chi connectivity index (χ1) is 9.51. The third kappa shape index (κ3) is 4.93. The van der Waals surface area contributed by atoms with Crippen molar-refractivity contribution in [1.29, 1.82) is 0 Å². The minimum absolute atomic E-state index is 0.134. The molecule has 0 bridgehead atoms. The molecular weight excluding hydrogens is 285 g/mol. The van der Waals surface area contributed by atoms with Crippen molar-refractivity contribution in [3.8, 4) is 5.75 Å². The number of carbonyl (C=O) groups excluding carboxylic acids is 1. The van der Waals surface area contributed by atoms with Crippen molar-refractivity contribution in [2.75, 3.05) is 18.9 Å². The smallest absolute Gasteiger partial charge is 0.401 e. The number of hydrogen-bond acceptors (Lipinski definition) is 3. The zero-order valence-corrected chi connectivity index (χ0v) is 12.4. The lowest BCUT2D eigenvalue weighted by atomic mass is 10.1. The molecule has 21 heavy (non-hydrogen) atoms. The maximum absolute atomic E-state index is 12.3. The molecule has 1 aromatic rings. The number of likely N-dealkylation sites (N-methyl/N-ethyl adjacent to an activating group) is 1. The second kappa shape index (κ2) is 6.34. The SMILES string of the molecule is Cc1cc(NC(=O)C(C)N(C)CC(F)(F)F)cc(C)c1O. The molecule has 0 aliphatic carbocycles. The standard InChI is InChI=1S/C14H19F3N2O2/c1-8-5-11(6-9(2)12(8)20)18-13(21)10(3)19(4)7-14(15,16)17/h5-6,10,20H,7H2,1-4H3,(H,18,21). The van der Waals surface area contributed by atoms with E-state index in [-0.39, 0.29) is 5.75 Å². The molecule has 2 N–H and O–H groups in total. The van der Waals surface area contributed by atoms with E-state index in [0.717, 1.165) is 4.90 Å². The van der Waals surface area contributed by atoms with Gasteiger partial charge in [-0.05, 0) is 51.1 Å². The van der Waals surface area contributed by atoms with E-state index in [1.807, 2.05) is 0 Å². The van der Waals surface area contributed by atoms with Crippen LogP contribution in [0.2, 0.25) is 0 Å². The molecule has 1 rings (SSSR count). The molecule has 118 valence electrons. The summed E-state index contributed by atoms with van der Waals surface area (Å²) in [7, 11) is 1.24. The highest BCUT2D eigenvalue weighted by Crippen LogP contribution is 2.25. The van der Waals surface area contributed by atoms with Gasteiger partial charge in [0.1, 0.15) is 5.75 Å². The average Bonchev–Trinajstić information content (AvgIpc) is 2.32. The monoisotopic (exact) mass is 304 g/mol. The van der Waals surface area contributed by atoms with E-state index in [4.69, 9.17) is 0 Å². The summed E-state index contributed by atoms with van der Waals surface area (Å²) in [5, 5.41) is 12.2. The second-order valence-corrected chi connectivity index (χ2v) is 5.15. The van der Waals surface area contributed by atoms with Gasteiger partial charge in [-0.3, -0.25) is 9.69 Å². The van der Waals surface area contributed by atoms with Crippen LogP contribution < -0.4 is 5.32 Å². The number of nitrogens with one attached hydrogen (secondary N) is 1. The molecule has 1 aromatic carbocycles. The van der Waals surface area contributed by atoms with Gasteiger partial charge in [0, 0.05) is 5.69 Å². The molecule has 0 radical (unpaired) electrons. The molecule has 0 aromatic heterocycles. The lowest BCUT2D eigenvalue weighted by molar-refractivity contribution is -0.149. The Kier molecular flexibility index (Phi) is 5.22. The van der Waals surface area contributed by atoms with Crippen LogP contribution in [-0.4, -0.2) is 41.7 Å². The molecule has 1 unspecified atom stereocenters. The van der Waals surface area contributed by atoms with E-state index in [0.29, 0.717) is 16.8 Å².